The number of methoxy groups -OCH3 is 1. The van der Waals surface area contributed by atoms with Gasteiger partial charge in [-0.15, -0.1) is 0 Å². The lowest BCUT2D eigenvalue weighted by molar-refractivity contribution is 0.155. The number of nitrogens with one attached hydrogen (secondary N) is 1. The summed E-state index contributed by atoms with van der Waals surface area (Å²) < 4.78 is 4.99. The highest BCUT2D eigenvalue weighted by Gasteiger charge is 2.14. The normalized spacial score (nSPS) is 10.3. The first-order valence-corrected chi connectivity index (χ1v) is 6.84. The molecule has 0 fully saturated rings. The number of nitrogens with zero attached hydrogens (tertiary/aromatic N) is 1. The number of urea groups is 1. The van der Waals surface area contributed by atoms with E-state index in [0.717, 1.165) is 6.42 Å². The van der Waals surface area contributed by atoms with Gasteiger partial charge in [-0.1, -0.05) is 36.2 Å². The number of ether oxygens (including phenoxy) is 1. The summed E-state index contributed by atoms with van der Waals surface area (Å²) in [6.45, 7) is 3.71. The van der Waals surface area contributed by atoms with Gasteiger partial charge in [-0.05, 0) is 18.6 Å². The summed E-state index contributed by atoms with van der Waals surface area (Å²) in [5, 5.41) is 3.52. The summed E-state index contributed by atoms with van der Waals surface area (Å²) in [5.41, 5.74) is 0.512. The molecular formula is C13H18Cl2N2O2. The highest BCUT2D eigenvalue weighted by molar-refractivity contribution is 6.43. The van der Waals surface area contributed by atoms with Crippen LogP contribution in [0.3, 0.4) is 0 Å². The maximum absolute atomic E-state index is 12.1. The molecule has 0 aliphatic heterocycles. The van der Waals surface area contributed by atoms with Crippen molar-refractivity contribution < 1.29 is 9.53 Å². The lowest BCUT2D eigenvalue weighted by atomic mass is 10.3. The summed E-state index contributed by atoms with van der Waals surface area (Å²) in [4.78, 5) is 13.8. The molecule has 1 aromatic carbocycles. The lowest BCUT2D eigenvalue weighted by Gasteiger charge is -2.22. The molecule has 1 N–H and O–H groups in total. The Bertz CT molecular complexity index is 427. The van der Waals surface area contributed by atoms with Crippen LogP contribution in [0, 0.1) is 0 Å². The topological polar surface area (TPSA) is 41.6 Å². The minimum Gasteiger partial charge on any atom is -0.383 e. The molecule has 0 aliphatic rings. The maximum atomic E-state index is 12.1. The zero-order chi connectivity index (χ0) is 14.3. The predicted molar refractivity (Wildman–Crippen MR) is 79.2 cm³/mol. The van der Waals surface area contributed by atoms with Gasteiger partial charge < -0.3 is 15.0 Å². The first kappa shape index (κ1) is 16.1. The molecular weight excluding hydrogens is 287 g/mol. The fourth-order valence-electron chi connectivity index (χ4n) is 1.58. The highest BCUT2D eigenvalue weighted by atomic mass is 35.5. The third-order valence-corrected chi connectivity index (χ3v) is 3.36. The number of halogens is 2. The van der Waals surface area contributed by atoms with Crippen LogP contribution in [-0.4, -0.2) is 37.7 Å². The van der Waals surface area contributed by atoms with Crippen LogP contribution in [0.15, 0.2) is 18.2 Å². The molecule has 0 atom stereocenters. The number of benzene rings is 1. The number of hydrogen-bond acceptors (Lipinski definition) is 2. The molecule has 0 unspecified atom stereocenters. The second kappa shape index (κ2) is 8.25. The van der Waals surface area contributed by atoms with E-state index in [2.05, 4.69) is 5.32 Å². The van der Waals surface area contributed by atoms with E-state index in [9.17, 15) is 4.79 Å². The number of rotatable bonds is 6. The smallest absolute Gasteiger partial charge is 0.321 e. The minimum atomic E-state index is -0.205. The Morgan fingerprint density at radius 3 is 2.74 bits per heavy atom. The van der Waals surface area contributed by atoms with E-state index in [4.69, 9.17) is 27.9 Å². The van der Waals surface area contributed by atoms with E-state index >= 15 is 0 Å². The monoisotopic (exact) mass is 304 g/mol. The average molecular weight is 305 g/mol. The Labute approximate surface area is 123 Å². The highest BCUT2D eigenvalue weighted by Crippen LogP contribution is 2.29. The molecule has 0 aromatic heterocycles. The van der Waals surface area contributed by atoms with E-state index < -0.39 is 0 Å². The zero-order valence-electron chi connectivity index (χ0n) is 11.1. The maximum Gasteiger partial charge on any atom is 0.321 e. The van der Waals surface area contributed by atoms with Crippen molar-refractivity contribution in [3.05, 3.63) is 28.2 Å². The van der Waals surface area contributed by atoms with Crippen molar-refractivity contribution >= 4 is 34.9 Å². The molecule has 0 aliphatic carbocycles. The summed E-state index contributed by atoms with van der Waals surface area (Å²) in [7, 11) is 1.61. The molecule has 106 valence electrons. The van der Waals surface area contributed by atoms with Crippen molar-refractivity contribution in [2.45, 2.75) is 13.3 Å². The van der Waals surface area contributed by atoms with Gasteiger partial charge in [-0.25, -0.2) is 4.79 Å². The Hall–Kier alpha value is -0.970. The summed E-state index contributed by atoms with van der Waals surface area (Å²) in [6, 6.07) is 4.92. The zero-order valence-corrected chi connectivity index (χ0v) is 12.6. The fourth-order valence-corrected chi connectivity index (χ4v) is 1.93. The number of hydrogen-bond donors (Lipinski definition) is 1. The van der Waals surface area contributed by atoms with Gasteiger partial charge in [-0.3, -0.25) is 0 Å². The number of carbonyl (C=O) groups is 1. The Balaban J connectivity index is 2.72. The van der Waals surface area contributed by atoms with Gasteiger partial charge in [0, 0.05) is 20.2 Å². The molecule has 0 spiro atoms. The van der Waals surface area contributed by atoms with Gasteiger partial charge in [0.2, 0.25) is 0 Å². The molecule has 0 saturated heterocycles. The van der Waals surface area contributed by atoms with Crippen LogP contribution in [0.25, 0.3) is 0 Å². The molecule has 4 nitrogen and oxygen atoms in total. The third-order valence-electron chi connectivity index (χ3n) is 2.54. The minimum absolute atomic E-state index is 0.205. The molecule has 0 bridgehead atoms. The fraction of sp³-hybridized carbons (Fsp3) is 0.462. The standard InChI is InChI=1S/C13H18Cl2N2O2/c1-3-7-17(8-9-19-2)13(18)16-11-6-4-5-10(14)12(11)15/h4-6H,3,7-9H2,1-2H3,(H,16,18). The summed E-state index contributed by atoms with van der Waals surface area (Å²) >= 11 is 11.9. The Kier molecular flexibility index (Phi) is 6.99. The molecule has 0 heterocycles. The van der Waals surface area contributed by atoms with Crippen molar-refractivity contribution in [3.63, 3.8) is 0 Å². The third kappa shape index (κ3) is 4.90. The molecule has 1 aromatic rings. The Morgan fingerprint density at radius 1 is 1.37 bits per heavy atom. The van der Waals surface area contributed by atoms with E-state index in [1.165, 1.54) is 0 Å². The second-order valence-electron chi connectivity index (χ2n) is 4.01. The first-order valence-electron chi connectivity index (χ1n) is 6.09. The number of amides is 2. The van der Waals surface area contributed by atoms with Gasteiger partial charge in [-0.2, -0.15) is 0 Å². The lowest BCUT2D eigenvalue weighted by Crippen LogP contribution is -2.37. The number of anilines is 1. The van der Waals surface area contributed by atoms with E-state index in [1.54, 1.807) is 30.2 Å². The molecule has 19 heavy (non-hydrogen) atoms. The quantitative estimate of drug-likeness (QED) is 0.866. The molecule has 0 radical (unpaired) electrons. The average Bonchev–Trinajstić information content (AvgIpc) is 2.39. The SMILES string of the molecule is CCCN(CCOC)C(=O)Nc1cccc(Cl)c1Cl. The number of carbonyl (C=O) groups excluding carboxylic acids is 1. The van der Waals surface area contributed by atoms with E-state index in [-0.39, 0.29) is 6.03 Å². The van der Waals surface area contributed by atoms with Crippen LogP contribution in [-0.2, 0) is 4.74 Å². The van der Waals surface area contributed by atoms with Crippen molar-refractivity contribution in [3.8, 4) is 0 Å². The predicted octanol–water partition coefficient (Wildman–Crippen LogP) is 3.88. The van der Waals surface area contributed by atoms with Gasteiger partial charge in [0.1, 0.15) is 0 Å². The van der Waals surface area contributed by atoms with Crippen LogP contribution in [0.1, 0.15) is 13.3 Å². The summed E-state index contributed by atoms with van der Waals surface area (Å²) in [5.74, 6) is 0. The van der Waals surface area contributed by atoms with Gasteiger partial charge in [0.05, 0.1) is 22.3 Å². The molecule has 2 amide bonds. The molecule has 6 heteroatoms. The van der Waals surface area contributed by atoms with Crippen LogP contribution in [0.2, 0.25) is 10.0 Å². The summed E-state index contributed by atoms with van der Waals surface area (Å²) in [6.07, 6.45) is 0.875. The van der Waals surface area contributed by atoms with E-state index in [0.29, 0.717) is 35.4 Å². The van der Waals surface area contributed by atoms with Gasteiger partial charge in [0.15, 0.2) is 0 Å². The van der Waals surface area contributed by atoms with Crippen molar-refractivity contribution in [1.82, 2.24) is 4.90 Å². The largest absolute Gasteiger partial charge is 0.383 e. The molecule has 1 rings (SSSR count). The second-order valence-corrected chi connectivity index (χ2v) is 4.80. The van der Waals surface area contributed by atoms with E-state index in [1.807, 2.05) is 6.92 Å². The van der Waals surface area contributed by atoms with Gasteiger partial charge >= 0.3 is 6.03 Å². The first-order chi connectivity index (χ1) is 9.10. The van der Waals surface area contributed by atoms with Crippen molar-refractivity contribution in [2.24, 2.45) is 0 Å². The van der Waals surface area contributed by atoms with Crippen molar-refractivity contribution in [1.29, 1.82) is 0 Å². The van der Waals surface area contributed by atoms with Crippen LogP contribution >= 0.6 is 23.2 Å². The van der Waals surface area contributed by atoms with Gasteiger partial charge in [0.25, 0.3) is 0 Å². The van der Waals surface area contributed by atoms with Crippen molar-refractivity contribution in [2.75, 3.05) is 32.1 Å². The van der Waals surface area contributed by atoms with Crippen LogP contribution in [0.4, 0.5) is 10.5 Å². The van der Waals surface area contributed by atoms with Crippen LogP contribution < -0.4 is 5.32 Å². The van der Waals surface area contributed by atoms with Crippen LogP contribution in [0.5, 0.6) is 0 Å². The Morgan fingerprint density at radius 2 is 2.11 bits per heavy atom. The molecule has 0 saturated carbocycles.